The Kier molecular flexibility index (Phi) is 6.37. The van der Waals surface area contributed by atoms with Gasteiger partial charge in [0, 0.05) is 24.8 Å². The Balaban J connectivity index is 1.60. The summed E-state index contributed by atoms with van der Waals surface area (Å²) in [6.07, 6.45) is 2.87. The summed E-state index contributed by atoms with van der Waals surface area (Å²) < 4.78 is 0. The van der Waals surface area contributed by atoms with Gasteiger partial charge < -0.3 is 10.2 Å². The van der Waals surface area contributed by atoms with Gasteiger partial charge in [-0.15, -0.1) is 0 Å². The molecular weight excluding hydrogens is 356 g/mol. The largest absolute Gasteiger partial charge is 0.356 e. The number of carbonyl (C=O) groups excluding carboxylic acids is 1. The second kappa shape index (κ2) is 8.74. The number of thioether (sulfide) groups is 1. The van der Waals surface area contributed by atoms with Gasteiger partial charge in [0.05, 0.1) is 5.75 Å². The lowest BCUT2D eigenvalue weighted by atomic mass is 9.92. The van der Waals surface area contributed by atoms with Crippen molar-refractivity contribution in [3.63, 3.8) is 0 Å². The number of anilines is 2. The maximum absolute atomic E-state index is 12.4. The number of nitrogens with zero attached hydrogens (tertiary/aromatic N) is 3. The van der Waals surface area contributed by atoms with E-state index in [0.717, 1.165) is 40.7 Å². The molecule has 0 spiro atoms. The number of rotatable bonds is 5. The topological polar surface area (TPSA) is 58.1 Å². The van der Waals surface area contributed by atoms with Gasteiger partial charge in [-0.1, -0.05) is 43.8 Å². The van der Waals surface area contributed by atoms with Gasteiger partial charge in [-0.2, -0.15) is 0 Å². The highest BCUT2D eigenvalue weighted by atomic mass is 32.2. The first-order valence-corrected chi connectivity index (χ1v) is 10.5. The number of nitrogens with one attached hydrogen (secondary N) is 1. The average Bonchev–Trinajstić information content (AvgIpc) is 2.63. The van der Waals surface area contributed by atoms with Crippen LogP contribution in [0.2, 0.25) is 0 Å². The number of amides is 1. The zero-order chi connectivity index (χ0) is 19.4. The minimum absolute atomic E-state index is 0.0159. The number of carbonyl (C=O) groups is 1. The average molecular weight is 385 g/mol. The molecule has 1 N–H and O–H groups in total. The summed E-state index contributed by atoms with van der Waals surface area (Å²) in [6, 6.07) is 8.02. The SMILES string of the molecule is Cc1cccc(C)c1NC(=O)CSc1cc(N2C[C@@H](C)C[C@H](C)C2)ncn1. The second-order valence-electron chi connectivity index (χ2n) is 7.67. The molecular formula is C21H28N4OS. The van der Waals surface area contributed by atoms with Crippen LogP contribution in [0.5, 0.6) is 0 Å². The Morgan fingerprint density at radius 2 is 1.85 bits per heavy atom. The van der Waals surface area contributed by atoms with Gasteiger partial charge in [-0.25, -0.2) is 9.97 Å². The van der Waals surface area contributed by atoms with Crippen molar-refractivity contribution in [3.05, 3.63) is 41.7 Å². The molecule has 27 heavy (non-hydrogen) atoms. The first-order valence-electron chi connectivity index (χ1n) is 9.48. The summed E-state index contributed by atoms with van der Waals surface area (Å²) >= 11 is 1.45. The molecule has 0 saturated carbocycles. The third-order valence-corrected chi connectivity index (χ3v) is 5.84. The van der Waals surface area contributed by atoms with Gasteiger partial charge in [0.15, 0.2) is 0 Å². The van der Waals surface area contributed by atoms with E-state index in [4.69, 9.17) is 0 Å². The lowest BCUT2D eigenvalue weighted by Crippen LogP contribution is -2.39. The Hall–Kier alpha value is -2.08. The molecule has 0 unspecified atom stereocenters. The quantitative estimate of drug-likeness (QED) is 0.615. The Bertz CT molecular complexity index is 780. The van der Waals surface area contributed by atoms with Crippen LogP contribution in [-0.2, 0) is 4.79 Å². The van der Waals surface area contributed by atoms with Crippen molar-refractivity contribution >= 4 is 29.2 Å². The number of benzene rings is 1. The monoisotopic (exact) mass is 384 g/mol. The van der Waals surface area contributed by atoms with Crippen molar-refractivity contribution in [2.75, 3.05) is 29.1 Å². The van der Waals surface area contributed by atoms with Crippen molar-refractivity contribution in [1.82, 2.24) is 9.97 Å². The molecule has 2 aromatic rings. The minimum atomic E-state index is -0.0159. The zero-order valence-corrected chi connectivity index (χ0v) is 17.3. The predicted molar refractivity (Wildman–Crippen MR) is 112 cm³/mol. The van der Waals surface area contributed by atoms with Crippen LogP contribution in [0.25, 0.3) is 0 Å². The van der Waals surface area contributed by atoms with E-state index in [0.29, 0.717) is 17.6 Å². The molecule has 3 rings (SSSR count). The van der Waals surface area contributed by atoms with Crippen LogP contribution < -0.4 is 10.2 Å². The molecule has 144 valence electrons. The number of para-hydroxylation sites is 1. The number of aromatic nitrogens is 2. The van der Waals surface area contributed by atoms with Crippen LogP contribution in [0.15, 0.2) is 35.6 Å². The summed E-state index contributed by atoms with van der Waals surface area (Å²) in [5, 5.41) is 3.86. The van der Waals surface area contributed by atoms with Crippen molar-refractivity contribution in [1.29, 1.82) is 0 Å². The van der Waals surface area contributed by atoms with Crippen LogP contribution >= 0.6 is 11.8 Å². The molecule has 0 radical (unpaired) electrons. The van der Waals surface area contributed by atoms with E-state index in [-0.39, 0.29) is 5.91 Å². The van der Waals surface area contributed by atoms with E-state index in [1.54, 1.807) is 6.33 Å². The first kappa shape index (κ1) is 19.7. The molecule has 1 fully saturated rings. The number of piperidine rings is 1. The fourth-order valence-electron chi connectivity index (χ4n) is 3.76. The molecule has 1 aliphatic heterocycles. The lowest BCUT2D eigenvalue weighted by Gasteiger charge is -2.35. The Morgan fingerprint density at radius 1 is 1.19 bits per heavy atom. The van der Waals surface area contributed by atoms with Gasteiger partial charge in [0.1, 0.15) is 17.2 Å². The van der Waals surface area contributed by atoms with Gasteiger partial charge in [-0.05, 0) is 43.2 Å². The third-order valence-electron chi connectivity index (χ3n) is 4.92. The molecule has 2 heterocycles. The highest BCUT2D eigenvalue weighted by Crippen LogP contribution is 2.27. The summed E-state index contributed by atoms with van der Waals surface area (Å²) in [5.74, 6) is 2.61. The molecule has 1 aromatic heterocycles. The summed E-state index contributed by atoms with van der Waals surface area (Å²) in [4.78, 5) is 23.5. The van der Waals surface area contributed by atoms with Gasteiger partial charge in [0.25, 0.3) is 0 Å². The smallest absolute Gasteiger partial charge is 0.234 e. The van der Waals surface area contributed by atoms with Gasteiger partial charge in [-0.3, -0.25) is 4.79 Å². The van der Waals surface area contributed by atoms with E-state index in [2.05, 4.69) is 34.0 Å². The third kappa shape index (κ3) is 5.22. The highest BCUT2D eigenvalue weighted by molar-refractivity contribution is 7.99. The van der Waals surface area contributed by atoms with Crippen LogP contribution in [0.3, 0.4) is 0 Å². The molecule has 0 aliphatic carbocycles. The summed E-state index contributed by atoms with van der Waals surface area (Å²) in [7, 11) is 0. The summed E-state index contributed by atoms with van der Waals surface area (Å²) in [6.45, 7) is 10.6. The predicted octanol–water partition coefficient (Wildman–Crippen LogP) is 4.31. The fraction of sp³-hybridized carbons (Fsp3) is 0.476. The van der Waals surface area contributed by atoms with Crippen LogP contribution in [-0.4, -0.2) is 34.7 Å². The van der Waals surface area contributed by atoms with E-state index < -0.39 is 0 Å². The Labute approximate surface area is 166 Å². The van der Waals surface area contributed by atoms with E-state index in [9.17, 15) is 4.79 Å². The molecule has 6 heteroatoms. The van der Waals surface area contributed by atoms with E-state index in [1.165, 1.54) is 18.2 Å². The first-order chi connectivity index (χ1) is 12.9. The van der Waals surface area contributed by atoms with Crippen molar-refractivity contribution in [3.8, 4) is 0 Å². The lowest BCUT2D eigenvalue weighted by molar-refractivity contribution is -0.113. The molecule has 2 atom stereocenters. The normalized spacial score (nSPS) is 19.8. The van der Waals surface area contributed by atoms with Crippen LogP contribution in [0, 0.1) is 25.7 Å². The van der Waals surface area contributed by atoms with Crippen molar-refractivity contribution < 1.29 is 4.79 Å². The van der Waals surface area contributed by atoms with Crippen molar-refractivity contribution in [2.24, 2.45) is 11.8 Å². The van der Waals surface area contributed by atoms with Gasteiger partial charge in [0.2, 0.25) is 5.91 Å². The number of hydrogen-bond donors (Lipinski definition) is 1. The maximum Gasteiger partial charge on any atom is 0.234 e. The standard InChI is InChI=1S/C21H28N4OS/c1-14-8-15(2)11-25(10-14)18-9-20(23-13-22-18)27-12-19(26)24-21-16(3)6-5-7-17(21)4/h5-7,9,13-15H,8,10-12H2,1-4H3,(H,24,26)/t14-,15-/m0/s1. The fourth-order valence-corrected chi connectivity index (χ4v) is 4.42. The van der Waals surface area contributed by atoms with E-state index >= 15 is 0 Å². The number of hydrogen-bond acceptors (Lipinski definition) is 5. The minimum Gasteiger partial charge on any atom is -0.356 e. The van der Waals surface area contributed by atoms with E-state index in [1.807, 2.05) is 38.1 Å². The summed E-state index contributed by atoms with van der Waals surface area (Å²) in [5.41, 5.74) is 3.06. The molecule has 1 amide bonds. The molecule has 1 saturated heterocycles. The molecule has 1 aromatic carbocycles. The molecule has 1 aliphatic rings. The molecule has 5 nitrogen and oxygen atoms in total. The number of aryl methyl sites for hydroxylation is 2. The van der Waals surface area contributed by atoms with Crippen LogP contribution in [0.1, 0.15) is 31.4 Å². The highest BCUT2D eigenvalue weighted by Gasteiger charge is 2.23. The second-order valence-corrected chi connectivity index (χ2v) is 8.66. The maximum atomic E-state index is 12.4. The van der Waals surface area contributed by atoms with Crippen LogP contribution in [0.4, 0.5) is 11.5 Å². The van der Waals surface area contributed by atoms with Crippen molar-refractivity contribution in [2.45, 2.75) is 39.1 Å². The zero-order valence-electron chi connectivity index (χ0n) is 16.5. The Morgan fingerprint density at radius 3 is 2.52 bits per heavy atom. The van der Waals surface area contributed by atoms with Gasteiger partial charge >= 0.3 is 0 Å². The molecule has 0 bridgehead atoms.